The number of nitrogens with one attached hydrogen (secondary N) is 2. The summed E-state index contributed by atoms with van der Waals surface area (Å²) in [5.41, 5.74) is 1.47. The van der Waals surface area contributed by atoms with Crippen LogP contribution >= 0.6 is 12.4 Å². The SMILES string of the molecule is Cl.O=C(CC1CCC(c2ccccc2)CC1)NCC1CCCNC1. The van der Waals surface area contributed by atoms with Crippen LogP contribution in [0.2, 0.25) is 0 Å². The van der Waals surface area contributed by atoms with E-state index in [1.165, 1.54) is 44.1 Å². The second-order valence-corrected chi connectivity index (χ2v) is 7.35. The predicted molar refractivity (Wildman–Crippen MR) is 102 cm³/mol. The van der Waals surface area contributed by atoms with Gasteiger partial charge < -0.3 is 10.6 Å². The van der Waals surface area contributed by atoms with Gasteiger partial charge in [0.15, 0.2) is 0 Å². The van der Waals surface area contributed by atoms with Crippen molar-refractivity contribution in [2.75, 3.05) is 19.6 Å². The minimum absolute atomic E-state index is 0. The lowest BCUT2D eigenvalue weighted by atomic mass is 9.77. The van der Waals surface area contributed by atoms with Crippen molar-refractivity contribution in [2.24, 2.45) is 11.8 Å². The lowest BCUT2D eigenvalue weighted by molar-refractivity contribution is -0.122. The number of carbonyl (C=O) groups is 1. The molecule has 1 unspecified atom stereocenters. The van der Waals surface area contributed by atoms with Gasteiger partial charge in [-0.15, -0.1) is 12.4 Å². The van der Waals surface area contributed by atoms with Crippen molar-refractivity contribution < 1.29 is 4.79 Å². The Morgan fingerprint density at radius 3 is 2.46 bits per heavy atom. The maximum Gasteiger partial charge on any atom is 0.220 e. The van der Waals surface area contributed by atoms with E-state index in [9.17, 15) is 4.79 Å². The molecule has 1 atom stereocenters. The molecular formula is C20H31ClN2O. The van der Waals surface area contributed by atoms with Crippen LogP contribution in [0.1, 0.15) is 56.4 Å². The van der Waals surface area contributed by atoms with Crippen LogP contribution in [0, 0.1) is 11.8 Å². The van der Waals surface area contributed by atoms with E-state index < -0.39 is 0 Å². The normalized spacial score (nSPS) is 27.1. The van der Waals surface area contributed by atoms with Gasteiger partial charge >= 0.3 is 0 Å². The Bertz CT molecular complexity index is 480. The summed E-state index contributed by atoms with van der Waals surface area (Å²) in [6, 6.07) is 10.8. The number of piperidine rings is 1. The standard InChI is InChI=1S/C20H30N2O.ClH/c23-20(22-15-17-5-4-12-21-14-17)13-16-8-10-19(11-9-16)18-6-2-1-3-7-18;/h1-3,6-7,16-17,19,21H,4-5,8-15H2,(H,22,23);1H. The smallest absolute Gasteiger partial charge is 0.220 e. The number of hydrogen-bond donors (Lipinski definition) is 2. The molecule has 1 amide bonds. The van der Waals surface area contributed by atoms with E-state index in [1.54, 1.807) is 0 Å². The fourth-order valence-corrected chi connectivity index (χ4v) is 4.12. The molecule has 0 radical (unpaired) electrons. The number of amides is 1. The van der Waals surface area contributed by atoms with Gasteiger partial charge in [0.2, 0.25) is 5.91 Å². The largest absolute Gasteiger partial charge is 0.356 e. The van der Waals surface area contributed by atoms with Crippen LogP contribution in [-0.2, 0) is 4.79 Å². The Morgan fingerprint density at radius 1 is 1.04 bits per heavy atom. The van der Waals surface area contributed by atoms with E-state index in [-0.39, 0.29) is 18.3 Å². The quantitative estimate of drug-likeness (QED) is 0.845. The average molecular weight is 351 g/mol. The summed E-state index contributed by atoms with van der Waals surface area (Å²) in [7, 11) is 0. The highest BCUT2D eigenvalue weighted by molar-refractivity contribution is 5.85. The molecule has 1 heterocycles. The molecule has 1 aliphatic heterocycles. The van der Waals surface area contributed by atoms with Gasteiger partial charge in [-0.2, -0.15) is 0 Å². The van der Waals surface area contributed by atoms with Crippen molar-refractivity contribution in [3.8, 4) is 0 Å². The lowest BCUT2D eigenvalue weighted by Gasteiger charge is -2.29. The zero-order valence-electron chi connectivity index (χ0n) is 14.5. The van der Waals surface area contributed by atoms with Gasteiger partial charge in [0, 0.05) is 13.0 Å². The van der Waals surface area contributed by atoms with E-state index in [4.69, 9.17) is 0 Å². The summed E-state index contributed by atoms with van der Waals surface area (Å²) in [6.07, 6.45) is 8.06. The predicted octanol–water partition coefficient (Wildman–Crippen LogP) is 3.89. The van der Waals surface area contributed by atoms with Crippen LogP contribution in [0.5, 0.6) is 0 Å². The molecular weight excluding hydrogens is 320 g/mol. The topological polar surface area (TPSA) is 41.1 Å². The van der Waals surface area contributed by atoms with E-state index in [0.717, 1.165) is 26.1 Å². The Balaban J connectivity index is 0.00000208. The molecule has 4 heteroatoms. The van der Waals surface area contributed by atoms with Gasteiger partial charge in [-0.3, -0.25) is 4.79 Å². The van der Waals surface area contributed by atoms with E-state index in [0.29, 0.717) is 17.8 Å². The highest BCUT2D eigenvalue weighted by atomic mass is 35.5. The lowest BCUT2D eigenvalue weighted by Crippen LogP contribution is -2.38. The average Bonchev–Trinajstić information content (AvgIpc) is 2.62. The third-order valence-electron chi connectivity index (χ3n) is 5.58. The molecule has 1 aliphatic carbocycles. The van der Waals surface area contributed by atoms with Gasteiger partial charge in [0.05, 0.1) is 0 Å². The molecule has 1 saturated carbocycles. The van der Waals surface area contributed by atoms with Crippen LogP contribution in [0.4, 0.5) is 0 Å². The molecule has 1 saturated heterocycles. The van der Waals surface area contributed by atoms with Crippen LogP contribution < -0.4 is 10.6 Å². The number of hydrogen-bond acceptors (Lipinski definition) is 2. The molecule has 0 spiro atoms. The number of halogens is 1. The molecule has 2 N–H and O–H groups in total. The van der Waals surface area contributed by atoms with Crippen molar-refractivity contribution >= 4 is 18.3 Å². The van der Waals surface area contributed by atoms with Crippen molar-refractivity contribution in [1.29, 1.82) is 0 Å². The first-order valence-electron chi connectivity index (χ1n) is 9.33. The Kier molecular flexibility index (Phi) is 8.07. The molecule has 0 aromatic heterocycles. The third-order valence-corrected chi connectivity index (χ3v) is 5.58. The molecule has 2 aliphatic rings. The minimum atomic E-state index is 0. The van der Waals surface area contributed by atoms with Crippen LogP contribution in [0.25, 0.3) is 0 Å². The highest BCUT2D eigenvalue weighted by Gasteiger charge is 2.24. The second-order valence-electron chi connectivity index (χ2n) is 7.35. The van der Waals surface area contributed by atoms with E-state index in [2.05, 4.69) is 41.0 Å². The molecule has 24 heavy (non-hydrogen) atoms. The van der Waals surface area contributed by atoms with Gasteiger partial charge in [0.1, 0.15) is 0 Å². The van der Waals surface area contributed by atoms with Crippen LogP contribution in [0.15, 0.2) is 30.3 Å². The zero-order chi connectivity index (χ0) is 15.9. The monoisotopic (exact) mass is 350 g/mol. The summed E-state index contributed by atoms with van der Waals surface area (Å²) >= 11 is 0. The minimum Gasteiger partial charge on any atom is -0.356 e. The third kappa shape index (κ3) is 5.78. The first-order chi connectivity index (χ1) is 11.3. The Morgan fingerprint density at radius 2 is 1.79 bits per heavy atom. The Labute approximate surface area is 152 Å². The van der Waals surface area contributed by atoms with Crippen molar-refractivity contribution in [1.82, 2.24) is 10.6 Å². The van der Waals surface area contributed by atoms with Gasteiger partial charge in [-0.1, -0.05) is 30.3 Å². The van der Waals surface area contributed by atoms with Crippen LogP contribution in [-0.4, -0.2) is 25.5 Å². The summed E-state index contributed by atoms with van der Waals surface area (Å²) in [5.74, 6) is 2.17. The highest BCUT2D eigenvalue weighted by Crippen LogP contribution is 2.36. The number of rotatable bonds is 5. The summed E-state index contributed by atoms with van der Waals surface area (Å²) in [4.78, 5) is 12.2. The van der Waals surface area contributed by atoms with Gasteiger partial charge in [0.25, 0.3) is 0 Å². The Hall–Kier alpha value is -1.06. The van der Waals surface area contributed by atoms with Gasteiger partial charge in [-0.25, -0.2) is 0 Å². The molecule has 2 fully saturated rings. The van der Waals surface area contributed by atoms with E-state index in [1.807, 2.05) is 0 Å². The first kappa shape index (κ1) is 19.3. The molecule has 1 aromatic rings. The van der Waals surface area contributed by atoms with Gasteiger partial charge in [-0.05, 0) is 74.9 Å². The van der Waals surface area contributed by atoms with Crippen molar-refractivity contribution in [3.05, 3.63) is 35.9 Å². The number of carbonyl (C=O) groups excluding carboxylic acids is 1. The van der Waals surface area contributed by atoms with Crippen molar-refractivity contribution in [3.63, 3.8) is 0 Å². The number of benzene rings is 1. The maximum atomic E-state index is 12.2. The van der Waals surface area contributed by atoms with Crippen LogP contribution in [0.3, 0.4) is 0 Å². The summed E-state index contributed by atoms with van der Waals surface area (Å²) in [5, 5.41) is 6.57. The first-order valence-corrected chi connectivity index (χ1v) is 9.33. The molecule has 0 bridgehead atoms. The van der Waals surface area contributed by atoms with Crippen molar-refractivity contribution in [2.45, 2.75) is 50.9 Å². The fraction of sp³-hybridized carbons (Fsp3) is 0.650. The zero-order valence-corrected chi connectivity index (χ0v) is 15.3. The molecule has 1 aromatic carbocycles. The molecule has 134 valence electrons. The molecule has 3 rings (SSSR count). The maximum absolute atomic E-state index is 12.2. The second kappa shape index (κ2) is 10.0. The molecule has 3 nitrogen and oxygen atoms in total. The fourth-order valence-electron chi connectivity index (χ4n) is 4.12. The summed E-state index contributed by atoms with van der Waals surface area (Å²) in [6.45, 7) is 3.04. The summed E-state index contributed by atoms with van der Waals surface area (Å²) < 4.78 is 0. The van der Waals surface area contributed by atoms with E-state index >= 15 is 0 Å².